The van der Waals surface area contributed by atoms with Crippen LogP contribution in [0.4, 0.5) is 0 Å². The van der Waals surface area contributed by atoms with E-state index in [0.717, 1.165) is 0 Å². The molecule has 0 saturated heterocycles. The monoisotopic (exact) mass is 416 g/mol. The van der Waals surface area contributed by atoms with E-state index in [2.05, 4.69) is 20.7 Å². The van der Waals surface area contributed by atoms with E-state index in [9.17, 15) is 13.2 Å². The highest BCUT2D eigenvalue weighted by Gasteiger charge is 2.23. The molecule has 1 rings (SSSR count). The van der Waals surface area contributed by atoms with Crippen LogP contribution in [-0.4, -0.2) is 38.9 Å². The van der Waals surface area contributed by atoms with Crippen molar-refractivity contribution in [3.63, 3.8) is 0 Å². The maximum absolute atomic E-state index is 12.2. The van der Waals surface area contributed by atoms with Crippen LogP contribution in [0.1, 0.15) is 13.8 Å². The zero-order chi connectivity index (χ0) is 16.2. The van der Waals surface area contributed by atoms with Gasteiger partial charge in [-0.3, -0.25) is 4.79 Å². The molecular weight excluding hydrogens is 403 g/mol. The van der Waals surface area contributed by atoms with Gasteiger partial charge in [-0.15, -0.1) is 0 Å². The number of hydrogen-bond acceptors (Lipinski definition) is 3. The minimum Gasteiger partial charge on any atom is -0.342 e. The Hall–Kier alpha value is -0.340. The van der Waals surface area contributed by atoms with Gasteiger partial charge in [0.2, 0.25) is 15.9 Å². The Bertz CT molecular complexity index is 610. The fourth-order valence-corrected chi connectivity index (χ4v) is 4.61. The zero-order valence-electron chi connectivity index (χ0n) is 11.5. The molecule has 5 nitrogen and oxygen atoms in total. The van der Waals surface area contributed by atoms with Crippen LogP contribution < -0.4 is 4.72 Å². The molecule has 0 aromatic heterocycles. The number of carbonyl (C=O) groups excluding carboxylic acids is 1. The van der Waals surface area contributed by atoms with E-state index >= 15 is 0 Å². The summed E-state index contributed by atoms with van der Waals surface area (Å²) in [5.74, 6) is -0.312. The van der Waals surface area contributed by atoms with Gasteiger partial charge in [-0.1, -0.05) is 39.1 Å². The van der Waals surface area contributed by atoms with Gasteiger partial charge in [0.15, 0.2) is 0 Å². The number of halogens is 3. The number of nitrogens with zero attached hydrogens (tertiary/aromatic N) is 1. The van der Waals surface area contributed by atoms with Crippen molar-refractivity contribution < 1.29 is 13.2 Å². The third kappa shape index (κ3) is 4.82. The molecule has 0 unspecified atom stereocenters. The summed E-state index contributed by atoms with van der Waals surface area (Å²) in [4.78, 5) is 13.1. The number of nitrogens with one attached hydrogen (secondary N) is 1. The standard InChI is InChI=1S/C12H15BrCl2N2O3S/c1-3-17(4-2)11(18)7-16-21(19,20)12-9(14)5-8(13)6-10(12)15/h5-6,16H,3-4,7H2,1-2H3. The molecule has 0 spiro atoms. The quantitative estimate of drug-likeness (QED) is 0.773. The number of hydrogen-bond donors (Lipinski definition) is 1. The molecule has 1 amide bonds. The van der Waals surface area contributed by atoms with Crippen molar-refractivity contribution >= 4 is 55.1 Å². The van der Waals surface area contributed by atoms with Crippen molar-refractivity contribution in [1.82, 2.24) is 9.62 Å². The van der Waals surface area contributed by atoms with Gasteiger partial charge in [-0.2, -0.15) is 0 Å². The van der Waals surface area contributed by atoms with E-state index in [1.54, 1.807) is 0 Å². The van der Waals surface area contributed by atoms with Gasteiger partial charge < -0.3 is 4.90 Å². The molecule has 0 bridgehead atoms. The van der Waals surface area contributed by atoms with Crippen LogP contribution in [-0.2, 0) is 14.8 Å². The summed E-state index contributed by atoms with van der Waals surface area (Å²) < 4.78 is 27.2. The van der Waals surface area contributed by atoms with Gasteiger partial charge in [-0.05, 0) is 26.0 Å². The summed E-state index contributed by atoms with van der Waals surface area (Å²) in [5.41, 5.74) is 0. The summed E-state index contributed by atoms with van der Waals surface area (Å²) in [6, 6.07) is 2.85. The number of benzene rings is 1. The molecule has 9 heteroatoms. The van der Waals surface area contributed by atoms with Crippen LogP contribution in [0.25, 0.3) is 0 Å². The van der Waals surface area contributed by atoms with Crippen molar-refractivity contribution in [2.45, 2.75) is 18.7 Å². The maximum atomic E-state index is 12.2. The molecule has 1 N–H and O–H groups in total. The molecule has 0 aliphatic carbocycles. The maximum Gasteiger partial charge on any atom is 0.244 e. The van der Waals surface area contributed by atoms with Crippen LogP contribution in [0.3, 0.4) is 0 Å². The Kier molecular flexibility index (Phi) is 6.93. The van der Waals surface area contributed by atoms with Gasteiger partial charge in [-0.25, -0.2) is 13.1 Å². The number of amides is 1. The first-order valence-electron chi connectivity index (χ1n) is 6.14. The second kappa shape index (κ2) is 7.78. The van der Waals surface area contributed by atoms with Crippen molar-refractivity contribution in [3.8, 4) is 0 Å². The second-order valence-electron chi connectivity index (χ2n) is 4.09. The van der Waals surface area contributed by atoms with E-state index in [1.807, 2.05) is 13.8 Å². The zero-order valence-corrected chi connectivity index (χ0v) is 15.4. The number of rotatable bonds is 6. The summed E-state index contributed by atoms with van der Waals surface area (Å²) in [7, 11) is -3.97. The Morgan fingerprint density at radius 2 is 1.71 bits per heavy atom. The molecule has 0 heterocycles. The predicted octanol–water partition coefficient (Wildman–Crippen LogP) is 2.90. The van der Waals surface area contributed by atoms with E-state index in [-0.39, 0.29) is 27.4 Å². The first kappa shape index (κ1) is 18.7. The lowest BCUT2D eigenvalue weighted by Crippen LogP contribution is -2.40. The highest BCUT2D eigenvalue weighted by atomic mass is 79.9. The fraction of sp³-hybridized carbons (Fsp3) is 0.417. The molecule has 0 fully saturated rings. The number of sulfonamides is 1. The van der Waals surface area contributed by atoms with Crippen LogP contribution in [0.15, 0.2) is 21.5 Å². The molecular formula is C12H15BrCl2N2O3S. The van der Waals surface area contributed by atoms with E-state index in [1.165, 1.54) is 17.0 Å². The highest BCUT2D eigenvalue weighted by molar-refractivity contribution is 9.10. The smallest absolute Gasteiger partial charge is 0.244 e. The topological polar surface area (TPSA) is 66.5 Å². The molecule has 21 heavy (non-hydrogen) atoms. The van der Waals surface area contributed by atoms with Crippen molar-refractivity contribution in [1.29, 1.82) is 0 Å². The van der Waals surface area contributed by atoms with E-state index in [0.29, 0.717) is 17.6 Å². The van der Waals surface area contributed by atoms with Crippen molar-refractivity contribution in [3.05, 3.63) is 26.7 Å². The average molecular weight is 418 g/mol. The largest absolute Gasteiger partial charge is 0.342 e. The lowest BCUT2D eigenvalue weighted by atomic mass is 10.4. The molecule has 1 aromatic carbocycles. The van der Waals surface area contributed by atoms with Crippen LogP contribution in [0.2, 0.25) is 10.0 Å². The van der Waals surface area contributed by atoms with Gasteiger partial charge in [0.05, 0.1) is 16.6 Å². The Morgan fingerprint density at radius 3 is 2.14 bits per heavy atom. The van der Waals surface area contributed by atoms with Gasteiger partial charge in [0, 0.05) is 17.6 Å². The summed E-state index contributed by atoms with van der Waals surface area (Å²) in [6.45, 7) is 4.32. The predicted molar refractivity (Wildman–Crippen MR) is 87.3 cm³/mol. The fourth-order valence-electron chi connectivity index (χ4n) is 1.70. The van der Waals surface area contributed by atoms with Gasteiger partial charge >= 0.3 is 0 Å². The van der Waals surface area contributed by atoms with E-state index < -0.39 is 10.0 Å². The normalized spacial score (nSPS) is 11.5. The lowest BCUT2D eigenvalue weighted by molar-refractivity contribution is -0.129. The SMILES string of the molecule is CCN(CC)C(=O)CNS(=O)(=O)c1c(Cl)cc(Br)cc1Cl. The van der Waals surface area contributed by atoms with Crippen molar-refractivity contribution in [2.24, 2.45) is 0 Å². The summed E-state index contributed by atoms with van der Waals surface area (Å²) in [5, 5.41) is -0.0330. The lowest BCUT2D eigenvalue weighted by Gasteiger charge is -2.19. The molecule has 0 radical (unpaired) electrons. The summed E-state index contributed by atoms with van der Waals surface area (Å²) in [6.07, 6.45) is 0. The molecule has 118 valence electrons. The Balaban J connectivity index is 2.96. The van der Waals surface area contributed by atoms with Crippen LogP contribution in [0, 0.1) is 0 Å². The summed E-state index contributed by atoms with van der Waals surface area (Å²) >= 11 is 15.0. The third-order valence-electron chi connectivity index (χ3n) is 2.76. The number of carbonyl (C=O) groups is 1. The molecule has 1 aromatic rings. The minimum absolute atomic E-state index is 0.0165. The molecule has 0 aliphatic heterocycles. The molecule has 0 atom stereocenters. The van der Waals surface area contributed by atoms with Crippen LogP contribution >= 0.6 is 39.1 Å². The van der Waals surface area contributed by atoms with Crippen molar-refractivity contribution in [2.75, 3.05) is 19.6 Å². The Labute approximate surface area is 142 Å². The molecule has 0 saturated carbocycles. The van der Waals surface area contributed by atoms with Crippen LogP contribution in [0.5, 0.6) is 0 Å². The first-order valence-corrected chi connectivity index (χ1v) is 9.18. The van der Waals surface area contributed by atoms with E-state index in [4.69, 9.17) is 23.2 Å². The second-order valence-corrected chi connectivity index (χ2v) is 7.52. The molecule has 0 aliphatic rings. The third-order valence-corrected chi connectivity index (χ3v) is 5.54. The minimum atomic E-state index is -3.97. The number of likely N-dealkylation sites (N-methyl/N-ethyl adjacent to an activating group) is 1. The Morgan fingerprint density at radius 1 is 1.24 bits per heavy atom. The average Bonchev–Trinajstić information content (AvgIpc) is 2.36. The van der Waals surface area contributed by atoms with Gasteiger partial charge in [0.25, 0.3) is 0 Å². The highest BCUT2D eigenvalue weighted by Crippen LogP contribution is 2.32. The first-order chi connectivity index (χ1) is 9.72. The van der Waals surface area contributed by atoms with Gasteiger partial charge in [0.1, 0.15) is 4.90 Å².